The Labute approximate surface area is 110 Å². The highest BCUT2D eigenvalue weighted by Gasteiger charge is 2.14. The van der Waals surface area contributed by atoms with Crippen LogP contribution in [-0.2, 0) is 4.79 Å². The van der Waals surface area contributed by atoms with Crippen molar-refractivity contribution in [1.29, 1.82) is 0 Å². The molecule has 1 N–H and O–H groups in total. The van der Waals surface area contributed by atoms with Crippen molar-refractivity contribution in [1.82, 2.24) is 10.1 Å². The molecule has 1 heterocycles. The number of carbonyl (C=O) groups is 1. The third-order valence-corrected chi connectivity index (χ3v) is 2.38. The second-order valence-corrected chi connectivity index (χ2v) is 4.15. The molecule has 0 aliphatic carbocycles. The Morgan fingerprint density at radius 1 is 1.37 bits per heavy atom. The smallest absolute Gasteiger partial charge is 0.267 e. The monoisotopic (exact) mass is 261 g/mol. The van der Waals surface area contributed by atoms with Gasteiger partial charge in [-0.25, -0.2) is 0 Å². The van der Waals surface area contributed by atoms with E-state index in [0.29, 0.717) is 17.5 Å². The third kappa shape index (κ3) is 3.54. The highest BCUT2D eigenvalue weighted by molar-refractivity contribution is 5.88. The number of nitrogens with one attached hydrogen (secondary N) is 1. The molecule has 0 saturated carbocycles. The molecule has 6 heteroatoms. The summed E-state index contributed by atoms with van der Waals surface area (Å²) in [5, 5.41) is 6.40. The van der Waals surface area contributed by atoms with Crippen molar-refractivity contribution in [3.05, 3.63) is 36.0 Å². The molecule has 6 nitrogen and oxygen atoms in total. The summed E-state index contributed by atoms with van der Waals surface area (Å²) in [6.07, 6.45) is -0.326. The molecule has 1 aromatic heterocycles. The first-order valence-corrected chi connectivity index (χ1v) is 5.89. The first kappa shape index (κ1) is 13.1. The fraction of sp³-hybridized carbons (Fsp3) is 0.308. The minimum absolute atomic E-state index is 0.108. The average molecular weight is 261 g/mol. The summed E-state index contributed by atoms with van der Waals surface area (Å²) in [5.74, 6) is 1.57. The molecule has 2 rings (SSSR count). The predicted molar refractivity (Wildman–Crippen MR) is 68.8 cm³/mol. The maximum Gasteiger partial charge on any atom is 0.267 e. The van der Waals surface area contributed by atoms with Crippen LogP contribution < -0.4 is 10.1 Å². The lowest BCUT2D eigenvalue weighted by Crippen LogP contribution is -2.06. The van der Waals surface area contributed by atoms with E-state index in [1.807, 2.05) is 6.92 Å². The van der Waals surface area contributed by atoms with E-state index in [-0.39, 0.29) is 12.0 Å². The van der Waals surface area contributed by atoms with E-state index in [0.717, 1.165) is 5.69 Å². The molecule has 1 amide bonds. The van der Waals surface area contributed by atoms with Gasteiger partial charge >= 0.3 is 0 Å². The number of rotatable bonds is 4. The summed E-state index contributed by atoms with van der Waals surface area (Å²) in [6.45, 7) is 5.04. The van der Waals surface area contributed by atoms with Crippen molar-refractivity contribution in [2.75, 3.05) is 5.32 Å². The van der Waals surface area contributed by atoms with Crippen LogP contribution in [0.3, 0.4) is 0 Å². The highest BCUT2D eigenvalue weighted by atomic mass is 16.5. The van der Waals surface area contributed by atoms with Crippen molar-refractivity contribution in [2.24, 2.45) is 0 Å². The van der Waals surface area contributed by atoms with Crippen LogP contribution in [0.2, 0.25) is 0 Å². The largest absolute Gasteiger partial charge is 0.481 e. The predicted octanol–water partition coefficient (Wildman–Crippen LogP) is 2.48. The molecule has 0 unspecified atom stereocenters. The Morgan fingerprint density at radius 2 is 2.05 bits per heavy atom. The third-order valence-electron chi connectivity index (χ3n) is 2.38. The number of anilines is 1. The number of benzene rings is 1. The number of hydrogen-bond donors (Lipinski definition) is 1. The summed E-state index contributed by atoms with van der Waals surface area (Å²) in [4.78, 5) is 15.0. The standard InChI is InChI=1S/C13H15N3O3/c1-8(13-14-9(2)16-19-13)18-12-6-4-11(5-7-12)15-10(3)17/h4-8H,1-3H3,(H,15,17)/t8-/m1/s1. The number of aryl methyl sites for hydroxylation is 1. The molecule has 2 aromatic rings. The Kier molecular flexibility index (Phi) is 3.79. The molecule has 0 aliphatic rings. The van der Waals surface area contributed by atoms with E-state index in [1.54, 1.807) is 31.2 Å². The molecule has 1 aromatic carbocycles. The minimum Gasteiger partial charge on any atom is -0.481 e. The minimum atomic E-state index is -0.326. The highest BCUT2D eigenvalue weighted by Crippen LogP contribution is 2.22. The van der Waals surface area contributed by atoms with Crippen molar-refractivity contribution in [3.8, 4) is 5.75 Å². The molecule has 19 heavy (non-hydrogen) atoms. The fourth-order valence-electron chi connectivity index (χ4n) is 1.55. The number of ether oxygens (including phenoxy) is 1. The molecule has 0 bridgehead atoms. The van der Waals surface area contributed by atoms with E-state index < -0.39 is 0 Å². The molecular weight excluding hydrogens is 246 g/mol. The Bertz CT molecular complexity index is 563. The molecule has 0 saturated heterocycles. The van der Waals surface area contributed by atoms with Gasteiger partial charge in [0.15, 0.2) is 11.9 Å². The second kappa shape index (κ2) is 5.51. The number of nitrogens with zero attached hydrogens (tertiary/aromatic N) is 2. The van der Waals surface area contributed by atoms with Crippen LogP contribution in [0.25, 0.3) is 0 Å². The van der Waals surface area contributed by atoms with Gasteiger partial charge < -0.3 is 14.6 Å². The van der Waals surface area contributed by atoms with Crippen molar-refractivity contribution >= 4 is 11.6 Å². The lowest BCUT2D eigenvalue weighted by molar-refractivity contribution is -0.114. The van der Waals surface area contributed by atoms with Crippen LogP contribution in [0.15, 0.2) is 28.8 Å². The van der Waals surface area contributed by atoms with Crippen molar-refractivity contribution in [2.45, 2.75) is 26.9 Å². The maximum absolute atomic E-state index is 10.9. The van der Waals surface area contributed by atoms with Crippen LogP contribution in [-0.4, -0.2) is 16.0 Å². The average Bonchev–Trinajstić information content (AvgIpc) is 2.78. The molecule has 0 spiro atoms. The van der Waals surface area contributed by atoms with E-state index in [9.17, 15) is 4.79 Å². The van der Waals surface area contributed by atoms with Gasteiger partial charge in [0.2, 0.25) is 5.91 Å². The van der Waals surface area contributed by atoms with Crippen molar-refractivity contribution < 1.29 is 14.1 Å². The lowest BCUT2D eigenvalue weighted by atomic mass is 10.3. The normalized spacial score (nSPS) is 11.9. The Morgan fingerprint density at radius 3 is 2.58 bits per heavy atom. The zero-order chi connectivity index (χ0) is 13.8. The first-order chi connectivity index (χ1) is 9.04. The Hall–Kier alpha value is -2.37. The van der Waals surface area contributed by atoms with E-state index in [1.165, 1.54) is 6.92 Å². The molecule has 0 aliphatic heterocycles. The first-order valence-electron chi connectivity index (χ1n) is 5.89. The second-order valence-electron chi connectivity index (χ2n) is 4.15. The lowest BCUT2D eigenvalue weighted by Gasteiger charge is -2.11. The van der Waals surface area contributed by atoms with E-state index in [4.69, 9.17) is 9.26 Å². The van der Waals surface area contributed by atoms with Gasteiger partial charge in [0.1, 0.15) is 5.75 Å². The fourth-order valence-corrected chi connectivity index (χ4v) is 1.55. The van der Waals surface area contributed by atoms with Crippen LogP contribution in [0.5, 0.6) is 5.75 Å². The van der Waals surface area contributed by atoms with Crippen LogP contribution in [0.4, 0.5) is 5.69 Å². The van der Waals surface area contributed by atoms with Gasteiger partial charge in [-0.1, -0.05) is 5.16 Å². The summed E-state index contributed by atoms with van der Waals surface area (Å²) in [5.41, 5.74) is 0.723. The quantitative estimate of drug-likeness (QED) is 0.914. The van der Waals surface area contributed by atoms with Gasteiger partial charge in [-0.2, -0.15) is 4.98 Å². The zero-order valence-corrected chi connectivity index (χ0v) is 11.0. The van der Waals surface area contributed by atoms with Gasteiger partial charge in [0.05, 0.1) is 0 Å². The van der Waals surface area contributed by atoms with Crippen molar-refractivity contribution in [3.63, 3.8) is 0 Å². The molecule has 0 radical (unpaired) electrons. The van der Waals surface area contributed by atoms with Gasteiger partial charge in [-0.15, -0.1) is 0 Å². The number of aromatic nitrogens is 2. The Balaban J connectivity index is 2.01. The van der Waals surface area contributed by atoms with Gasteiger partial charge in [-0.3, -0.25) is 4.79 Å². The summed E-state index contributed by atoms with van der Waals surface area (Å²) in [7, 11) is 0. The summed E-state index contributed by atoms with van der Waals surface area (Å²) in [6, 6.07) is 7.07. The molecule has 100 valence electrons. The summed E-state index contributed by atoms with van der Waals surface area (Å²) >= 11 is 0. The maximum atomic E-state index is 10.9. The number of amides is 1. The molecule has 0 fully saturated rings. The summed E-state index contributed by atoms with van der Waals surface area (Å²) < 4.78 is 10.7. The van der Waals surface area contributed by atoms with Gasteiger partial charge in [0, 0.05) is 12.6 Å². The number of hydrogen-bond acceptors (Lipinski definition) is 5. The van der Waals surface area contributed by atoms with Crippen LogP contribution in [0.1, 0.15) is 31.7 Å². The topological polar surface area (TPSA) is 77.2 Å². The molecule has 1 atom stereocenters. The van der Waals surface area contributed by atoms with Gasteiger partial charge in [-0.05, 0) is 38.1 Å². The molecular formula is C13H15N3O3. The van der Waals surface area contributed by atoms with E-state index in [2.05, 4.69) is 15.5 Å². The number of carbonyl (C=O) groups excluding carboxylic acids is 1. The SMILES string of the molecule is CC(=O)Nc1ccc(O[C@H](C)c2nc(C)no2)cc1. The van der Waals surface area contributed by atoms with E-state index >= 15 is 0 Å². The van der Waals surface area contributed by atoms with Crippen LogP contribution >= 0.6 is 0 Å². The zero-order valence-electron chi connectivity index (χ0n) is 11.0. The van der Waals surface area contributed by atoms with Gasteiger partial charge in [0.25, 0.3) is 5.89 Å². The van der Waals surface area contributed by atoms with Crippen LogP contribution in [0, 0.1) is 6.92 Å².